The summed E-state index contributed by atoms with van der Waals surface area (Å²) >= 11 is 0. The molecule has 0 aliphatic heterocycles. The van der Waals surface area contributed by atoms with Crippen LogP contribution in [0.2, 0.25) is 0 Å². The topological polar surface area (TPSA) is 71.5 Å². The maximum atomic E-state index is 6.15. The number of aromatic nitrogens is 2. The Morgan fingerprint density at radius 1 is 0.909 bits per heavy atom. The van der Waals surface area contributed by atoms with Crippen molar-refractivity contribution in [1.82, 2.24) is 9.97 Å². The summed E-state index contributed by atoms with van der Waals surface area (Å²) < 4.78 is 12.0. The van der Waals surface area contributed by atoms with Crippen molar-refractivity contribution >= 4 is 34.0 Å². The van der Waals surface area contributed by atoms with Gasteiger partial charge in [0.2, 0.25) is 5.95 Å². The molecular weight excluding hydrogens is 412 g/mol. The highest BCUT2D eigenvalue weighted by atomic mass is 16.5. The van der Waals surface area contributed by atoms with Crippen molar-refractivity contribution < 1.29 is 9.47 Å². The van der Waals surface area contributed by atoms with Gasteiger partial charge in [0.1, 0.15) is 6.61 Å². The molecule has 0 saturated carbocycles. The first-order chi connectivity index (χ1) is 16.3. The van der Waals surface area contributed by atoms with E-state index in [0.717, 1.165) is 22.2 Å². The highest BCUT2D eigenvalue weighted by Gasteiger charge is 2.08. The van der Waals surface area contributed by atoms with E-state index in [1.54, 1.807) is 6.21 Å². The number of benzene rings is 4. The fourth-order valence-electron chi connectivity index (χ4n) is 3.74. The van der Waals surface area contributed by atoms with E-state index in [1.807, 2.05) is 61.5 Å². The minimum absolute atomic E-state index is 0.461. The molecule has 0 amide bonds. The summed E-state index contributed by atoms with van der Waals surface area (Å²) in [7, 11) is 0. The van der Waals surface area contributed by atoms with Crippen LogP contribution in [0.1, 0.15) is 18.1 Å². The number of imidazole rings is 1. The van der Waals surface area contributed by atoms with Gasteiger partial charge in [0, 0.05) is 0 Å². The van der Waals surface area contributed by atoms with Gasteiger partial charge in [-0.2, -0.15) is 5.10 Å². The van der Waals surface area contributed by atoms with Crippen LogP contribution >= 0.6 is 0 Å². The number of hydrazone groups is 1. The van der Waals surface area contributed by atoms with E-state index in [1.165, 1.54) is 10.8 Å². The average Bonchev–Trinajstić information content (AvgIpc) is 3.26. The van der Waals surface area contributed by atoms with E-state index in [9.17, 15) is 0 Å². The molecule has 0 aliphatic rings. The van der Waals surface area contributed by atoms with Gasteiger partial charge >= 0.3 is 0 Å². The number of ether oxygens (including phenoxy) is 2. The van der Waals surface area contributed by atoms with Crippen molar-refractivity contribution in [3.63, 3.8) is 0 Å². The van der Waals surface area contributed by atoms with E-state index in [-0.39, 0.29) is 0 Å². The molecule has 4 aromatic carbocycles. The lowest BCUT2D eigenvalue weighted by molar-refractivity contribution is 0.270. The number of nitrogens with one attached hydrogen (secondary N) is 2. The molecule has 0 aliphatic carbocycles. The Morgan fingerprint density at radius 2 is 1.76 bits per heavy atom. The molecule has 0 radical (unpaired) electrons. The Bertz CT molecular complexity index is 1390. The summed E-state index contributed by atoms with van der Waals surface area (Å²) in [6.45, 7) is 2.96. The van der Waals surface area contributed by atoms with Crippen molar-refractivity contribution in [1.29, 1.82) is 0 Å². The van der Waals surface area contributed by atoms with Crippen molar-refractivity contribution in [2.45, 2.75) is 13.5 Å². The molecule has 0 unspecified atom stereocenters. The molecule has 0 fully saturated rings. The van der Waals surface area contributed by atoms with Crippen LogP contribution in [-0.2, 0) is 6.61 Å². The average molecular weight is 437 g/mol. The molecule has 0 atom stereocenters. The second-order valence-electron chi connectivity index (χ2n) is 7.54. The largest absolute Gasteiger partial charge is 0.490 e. The summed E-state index contributed by atoms with van der Waals surface area (Å²) in [6.07, 6.45) is 1.73. The van der Waals surface area contributed by atoms with E-state index in [0.29, 0.717) is 30.7 Å². The number of hydrogen-bond donors (Lipinski definition) is 2. The third-order valence-corrected chi connectivity index (χ3v) is 5.30. The number of rotatable bonds is 8. The summed E-state index contributed by atoms with van der Waals surface area (Å²) in [4.78, 5) is 7.64. The van der Waals surface area contributed by atoms with Crippen molar-refractivity contribution in [2.24, 2.45) is 5.10 Å². The monoisotopic (exact) mass is 436 g/mol. The molecular formula is C27H24N4O2. The summed E-state index contributed by atoms with van der Waals surface area (Å²) in [6, 6.07) is 28.2. The lowest BCUT2D eigenvalue weighted by atomic mass is 10.1. The predicted octanol–water partition coefficient (Wildman–Crippen LogP) is 6.14. The number of fused-ring (bicyclic) bond motifs is 2. The molecule has 1 heterocycles. The Balaban J connectivity index is 1.30. The smallest absolute Gasteiger partial charge is 0.222 e. The van der Waals surface area contributed by atoms with Gasteiger partial charge in [0.15, 0.2) is 11.5 Å². The van der Waals surface area contributed by atoms with Crippen molar-refractivity contribution in [3.8, 4) is 11.5 Å². The van der Waals surface area contributed by atoms with Crippen molar-refractivity contribution in [3.05, 3.63) is 96.1 Å². The number of H-pyrrole nitrogens is 1. The number of hydrogen-bond acceptors (Lipinski definition) is 5. The zero-order valence-electron chi connectivity index (χ0n) is 18.3. The zero-order valence-corrected chi connectivity index (χ0v) is 18.3. The van der Waals surface area contributed by atoms with Crippen LogP contribution in [0, 0.1) is 0 Å². The zero-order chi connectivity index (χ0) is 22.5. The van der Waals surface area contributed by atoms with Crippen LogP contribution in [-0.4, -0.2) is 22.8 Å². The van der Waals surface area contributed by atoms with E-state index >= 15 is 0 Å². The van der Waals surface area contributed by atoms with Crippen molar-refractivity contribution in [2.75, 3.05) is 12.0 Å². The summed E-state index contributed by atoms with van der Waals surface area (Å²) in [5.41, 5.74) is 6.82. The Kier molecular flexibility index (Phi) is 5.89. The first-order valence-corrected chi connectivity index (χ1v) is 10.9. The normalized spacial score (nSPS) is 11.3. The van der Waals surface area contributed by atoms with Gasteiger partial charge < -0.3 is 14.5 Å². The molecule has 0 saturated heterocycles. The highest BCUT2D eigenvalue weighted by molar-refractivity contribution is 5.85. The molecule has 164 valence electrons. The SMILES string of the molecule is CCOc1cc(/C=N/Nc2nc3ccccc3[nH]2)ccc1OCc1cccc2ccccc12. The van der Waals surface area contributed by atoms with Gasteiger partial charge in [-0.25, -0.2) is 10.4 Å². The molecule has 5 aromatic rings. The van der Waals surface area contributed by atoms with Gasteiger partial charge in [-0.3, -0.25) is 0 Å². The third-order valence-electron chi connectivity index (χ3n) is 5.30. The van der Waals surface area contributed by atoms with E-state index in [2.05, 4.69) is 50.8 Å². The maximum Gasteiger partial charge on any atom is 0.222 e. The number of anilines is 1. The maximum absolute atomic E-state index is 6.15. The Hall–Kier alpha value is -4.32. The van der Waals surface area contributed by atoms with Gasteiger partial charge in [-0.05, 0) is 59.2 Å². The van der Waals surface area contributed by atoms with E-state index < -0.39 is 0 Å². The van der Waals surface area contributed by atoms with Crippen LogP contribution in [0.25, 0.3) is 21.8 Å². The Morgan fingerprint density at radius 3 is 2.67 bits per heavy atom. The van der Waals surface area contributed by atoms with Crippen LogP contribution < -0.4 is 14.9 Å². The number of para-hydroxylation sites is 2. The second kappa shape index (κ2) is 9.44. The molecule has 0 spiro atoms. The fourth-order valence-corrected chi connectivity index (χ4v) is 3.74. The first kappa shape index (κ1) is 20.6. The molecule has 1 aromatic heterocycles. The lowest BCUT2D eigenvalue weighted by Gasteiger charge is -2.13. The number of aromatic amines is 1. The first-order valence-electron chi connectivity index (χ1n) is 10.9. The van der Waals surface area contributed by atoms with Gasteiger partial charge in [-0.15, -0.1) is 0 Å². The van der Waals surface area contributed by atoms with E-state index in [4.69, 9.17) is 9.47 Å². The minimum Gasteiger partial charge on any atom is -0.490 e. The fraction of sp³-hybridized carbons (Fsp3) is 0.111. The summed E-state index contributed by atoms with van der Waals surface area (Å²) in [5.74, 6) is 1.98. The molecule has 5 rings (SSSR count). The quantitative estimate of drug-likeness (QED) is 0.226. The predicted molar refractivity (Wildman–Crippen MR) is 133 cm³/mol. The second-order valence-corrected chi connectivity index (χ2v) is 7.54. The van der Waals surface area contributed by atoms with Gasteiger partial charge in [0.05, 0.1) is 23.9 Å². The molecule has 2 N–H and O–H groups in total. The molecule has 6 heteroatoms. The molecule has 0 bridgehead atoms. The highest BCUT2D eigenvalue weighted by Crippen LogP contribution is 2.30. The Labute approximate surface area is 191 Å². The molecule has 33 heavy (non-hydrogen) atoms. The van der Waals surface area contributed by atoms with Crippen LogP contribution in [0.15, 0.2) is 90.0 Å². The van der Waals surface area contributed by atoms with Crippen LogP contribution in [0.3, 0.4) is 0 Å². The standard InChI is InChI=1S/C27H24N4O2/c1-2-32-26-16-19(17-28-31-27-29-23-12-5-6-13-24(23)30-27)14-15-25(26)33-18-21-10-7-9-20-8-3-4-11-22(20)21/h3-17H,2,18H2,1H3,(H2,29,30,31)/b28-17+. The van der Waals surface area contributed by atoms with Gasteiger partial charge in [0.25, 0.3) is 0 Å². The third kappa shape index (κ3) is 4.65. The van der Waals surface area contributed by atoms with Gasteiger partial charge in [-0.1, -0.05) is 54.6 Å². The minimum atomic E-state index is 0.461. The van der Waals surface area contributed by atoms with Crippen LogP contribution in [0.4, 0.5) is 5.95 Å². The lowest BCUT2D eigenvalue weighted by Crippen LogP contribution is -2.01. The van der Waals surface area contributed by atoms with Crippen LogP contribution in [0.5, 0.6) is 11.5 Å². The number of nitrogens with zero attached hydrogens (tertiary/aromatic N) is 2. The molecule has 6 nitrogen and oxygen atoms in total. The summed E-state index contributed by atoms with van der Waals surface area (Å²) in [5, 5.41) is 6.69.